The Bertz CT molecular complexity index is 257. The second-order valence-corrected chi connectivity index (χ2v) is 3.94. The predicted molar refractivity (Wildman–Crippen MR) is 56.2 cm³/mol. The number of hydrogen-bond acceptors (Lipinski definition) is 4. The summed E-state index contributed by atoms with van der Waals surface area (Å²) in [6.45, 7) is 2.58. The van der Waals surface area contributed by atoms with Gasteiger partial charge in [-0.1, -0.05) is 5.16 Å². The Kier molecular flexibility index (Phi) is 3.55. The zero-order valence-corrected chi connectivity index (χ0v) is 8.87. The van der Waals surface area contributed by atoms with Crippen LogP contribution in [0, 0.1) is 0 Å². The first-order valence-corrected chi connectivity index (χ1v) is 5.60. The molecule has 2 heterocycles. The van der Waals surface area contributed by atoms with E-state index in [1.807, 2.05) is 0 Å². The molecule has 1 N–H and O–H groups in total. The quantitative estimate of drug-likeness (QED) is 0.683. The largest absolute Gasteiger partial charge is 0.316 e. The minimum absolute atomic E-state index is 0.0551. The Morgan fingerprint density at radius 3 is 2.73 bits per heavy atom. The monoisotopic (exact) mass is 211 g/mol. The van der Waals surface area contributed by atoms with E-state index in [-0.39, 0.29) is 5.91 Å². The average Bonchev–Trinajstić information content (AvgIpc) is 2.29. The highest BCUT2D eigenvalue weighted by atomic mass is 16.8. The third kappa shape index (κ3) is 2.92. The molecule has 0 aromatic heterocycles. The highest BCUT2D eigenvalue weighted by molar-refractivity contribution is 5.85. The molecule has 2 aliphatic heterocycles. The smallest absolute Gasteiger partial charge is 0.257 e. The molecule has 2 rings (SSSR count). The first kappa shape index (κ1) is 10.4. The van der Waals surface area contributed by atoms with E-state index in [1.54, 1.807) is 0 Å². The molecular weight excluding hydrogens is 194 g/mol. The van der Waals surface area contributed by atoms with E-state index < -0.39 is 0 Å². The minimum atomic E-state index is 0.0551. The fraction of sp³-hybridized carbons (Fsp3) is 0.800. The Balaban J connectivity index is 1.82. The molecule has 5 heteroatoms. The van der Waals surface area contributed by atoms with E-state index in [2.05, 4.69) is 10.5 Å². The van der Waals surface area contributed by atoms with Crippen molar-refractivity contribution in [3.05, 3.63) is 0 Å². The molecule has 0 aliphatic carbocycles. The Hall–Kier alpha value is -1.10. The van der Waals surface area contributed by atoms with Crippen molar-refractivity contribution in [2.45, 2.75) is 32.1 Å². The number of carbonyl (C=O) groups is 1. The molecule has 2 aliphatic rings. The molecule has 0 saturated carbocycles. The maximum Gasteiger partial charge on any atom is 0.257 e. The van der Waals surface area contributed by atoms with Gasteiger partial charge in [-0.25, -0.2) is 0 Å². The molecule has 0 aromatic rings. The van der Waals surface area contributed by atoms with Gasteiger partial charge in [-0.2, -0.15) is 0 Å². The Morgan fingerprint density at radius 2 is 2.00 bits per heavy atom. The molecular formula is C10H17N3O2. The van der Waals surface area contributed by atoms with Crippen molar-refractivity contribution >= 4 is 11.6 Å². The Morgan fingerprint density at radius 1 is 1.20 bits per heavy atom. The van der Waals surface area contributed by atoms with Gasteiger partial charge in [0.25, 0.3) is 5.91 Å². The summed E-state index contributed by atoms with van der Waals surface area (Å²) in [4.78, 5) is 16.6. The summed E-state index contributed by atoms with van der Waals surface area (Å²) < 4.78 is 0. The third-order valence-corrected chi connectivity index (χ3v) is 2.73. The van der Waals surface area contributed by atoms with Crippen molar-refractivity contribution < 1.29 is 9.73 Å². The van der Waals surface area contributed by atoms with Gasteiger partial charge in [0.1, 0.15) is 0 Å². The lowest BCUT2D eigenvalue weighted by Gasteiger charge is -2.23. The van der Waals surface area contributed by atoms with Crippen LogP contribution in [0.5, 0.6) is 0 Å². The maximum absolute atomic E-state index is 11.4. The SMILES string of the molecule is O=C1CCCCN1ON=C1CCNCC1. The fourth-order valence-electron chi connectivity index (χ4n) is 1.78. The van der Waals surface area contributed by atoms with E-state index in [9.17, 15) is 4.79 Å². The van der Waals surface area contributed by atoms with Crippen LogP contribution in [0.3, 0.4) is 0 Å². The fourth-order valence-corrected chi connectivity index (χ4v) is 1.78. The summed E-state index contributed by atoms with van der Waals surface area (Å²) in [5, 5.41) is 8.67. The number of hydroxylamine groups is 2. The zero-order chi connectivity index (χ0) is 10.5. The summed E-state index contributed by atoms with van der Waals surface area (Å²) in [6, 6.07) is 0. The van der Waals surface area contributed by atoms with Gasteiger partial charge in [-0.05, 0) is 12.8 Å². The summed E-state index contributed by atoms with van der Waals surface area (Å²) in [6.07, 6.45) is 4.41. The van der Waals surface area contributed by atoms with E-state index in [4.69, 9.17) is 4.94 Å². The third-order valence-electron chi connectivity index (χ3n) is 2.73. The molecule has 0 spiro atoms. The van der Waals surface area contributed by atoms with Crippen LogP contribution in [-0.4, -0.2) is 36.3 Å². The molecule has 0 bridgehead atoms. The van der Waals surface area contributed by atoms with Crippen molar-refractivity contribution in [1.82, 2.24) is 10.4 Å². The van der Waals surface area contributed by atoms with Crippen molar-refractivity contribution in [2.24, 2.45) is 5.16 Å². The molecule has 0 aromatic carbocycles. The molecule has 2 fully saturated rings. The highest BCUT2D eigenvalue weighted by Crippen LogP contribution is 2.11. The van der Waals surface area contributed by atoms with Gasteiger partial charge in [0, 0.05) is 32.4 Å². The van der Waals surface area contributed by atoms with E-state index in [0.717, 1.165) is 44.5 Å². The predicted octanol–water partition coefficient (Wildman–Crippen LogP) is 0.670. The van der Waals surface area contributed by atoms with Crippen LogP contribution >= 0.6 is 0 Å². The van der Waals surface area contributed by atoms with Gasteiger partial charge < -0.3 is 5.32 Å². The number of oxime groups is 1. The second-order valence-electron chi connectivity index (χ2n) is 3.94. The molecule has 0 unspecified atom stereocenters. The number of nitrogens with zero attached hydrogens (tertiary/aromatic N) is 2. The van der Waals surface area contributed by atoms with Crippen molar-refractivity contribution in [2.75, 3.05) is 19.6 Å². The number of amides is 1. The number of rotatable bonds is 2. The summed E-state index contributed by atoms with van der Waals surface area (Å²) in [5.74, 6) is 0.0551. The lowest BCUT2D eigenvalue weighted by Crippen LogP contribution is -2.35. The maximum atomic E-state index is 11.4. The van der Waals surface area contributed by atoms with Crippen LogP contribution in [0.2, 0.25) is 0 Å². The Labute approximate surface area is 89.4 Å². The average molecular weight is 211 g/mol. The van der Waals surface area contributed by atoms with Gasteiger partial charge in [-0.3, -0.25) is 9.73 Å². The first-order chi connectivity index (χ1) is 7.36. The summed E-state index contributed by atoms with van der Waals surface area (Å²) >= 11 is 0. The van der Waals surface area contributed by atoms with Gasteiger partial charge >= 0.3 is 0 Å². The number of piperidine rings is 2. The van der Waals surface area contributed by atoms with Crippen molar-refractivity contribution in [3.63, 3.8) is 0 Å². The van der Waals surface area contributed by atoms with Crippen LogP contribution in [-0.2, 0) is 9.73 Å². The highest BCUT2D eigenvalue weighted by Gasteiger charge is 2.19. The van der Waals surface area contributed by atoms with Gasteiger partial charge in [0.2, 0.25) is 0 Å². The molecule has 1 amide bonds. The van der Waals surface area contributed by atoms with Crippen LogP contribution in [0.25, 0.3) is 0 Å². The summed E-state index contributed by atoms with van der Waals surface area (Å²) in [5.41, 5.74) is 1.05. The standard InChI is InChI=1S/C10H17N3O2/c14-10-3-1-2-8-13(10)15-12-9-4-6-11-7-5-9/h11H,1-8H2. The molecule has 2 saturated heterocycles. The lowest BCUT2D eigenvalue weighted by atomic mass is 10.1. The van der Waals surface area contributed by atoms with Gasteiger partial charge in [0.05, 0.1) is 12.3 Å². The topological polar surface area (TPSA) is 53.9 Å². The van der Waals surface area contributed by atoms with E-state index in [1.165, 1.54) is 5.06 Å². The minimum Gasteiger partial charge on any atom is -0.316 e. The molecule has 84 valence electrons. The van der Waals surface area contributed by atoms with Crippen molar-refractivity contribution in [1.29, 1.82) is 0 Å². The van der Waals surface area contributed by atoms with Gasteiger partial charge in [0.15, 0.2) is 0 Å². The molecule has 15 heavy (non-hydrogen) atoms. The van der Waals surface area contributed by atoms with Gasteiger partial charge in [-0.15, -0.1) is 5.06 Å². The van der Waals surface area contributed by atoms with Crippen molar-refractivity contribution in [3.8, 4) is 0 Å². The van der Waals surface area contributed by atoms with Crippen LogP contribution in [0.1, 0.15) is 32.1 Å². The van der Waals surface area contributed by atoms with Crippen LogP contribution < -0.4 is 5.32 Å². The zero-order valence-electron chi connectivity index (χ0n) is 8.87. The molecule has 0 radical (unpaired) electrons. The second kappa shape index (κ2) is 5.11. The van der Waals surface area contributed by atoms with Crippen LogP contribution in [0.15, 0.2) is 5.16 Å². The first-order valence-electron chi connectivity index (χ1n) is 5.60. The van der Waals surface area contributed by atoms with E-state index in [0.29, 0.717) is 13.0 Å². The molecule has 5 nitrogen and oxygen atoms in total. The normalized spacial score (nSPS) is 22.8. The number of carbonyl (C=O) groups excluding carboxylic acids is 1. The molecule has 0 atom stereocenters. The van der Waals surface area contributed by atoms with Crippen LogP contribution in [0.4, 0.5) is 0 Å². The lowest BCUT2D eigenvalue weighted by molar-refractivity contribution is -0.191. The number of nitrogens with one attached hydrogen (secondary N) is 1. The van der Waals surface area contributed by atoms with E-state index >= 15 is 0 Å². The number of hydrogen-bond donors (Lipinski definition) is 1. The summed E-state index contributed by atoms with van der Waals surface area (Å²) in [7, 11) is 0.